The highest BCUT2D eigenvalue weighted by molar-refractivity contribution is 7.89. The lowest BCUT2D eigenvalue weighted by atomic mass is 10.1. The number of nitrogens with zero attached hydrogens (tertiary/aromatic N) is 1. The Morgan fingerprint density at radius 3 is 2.62 bits per heavy atom. The molecule has 1 saturated carbocycles. The highest BCUT2D eigenvalue weighted by Crippen LogP contribution is 2.47. The molecule has 2 heterocycles. The second-order valence-corrected chi connectivity index (χ2v) is 8.32. The van der Waals surface area contributed by atoms with Crippen molar-refractivity contribution in [3.05, 3.63) is 59.2 Å². The summed E-state index contributed by atoms with van der Waals surface area (Å²) in [6.45, 7) is 2.16. The SMILES string of the molecule is C[C@H]1C[C@H]1c1ccc(/C=C2\C(=O)c3ccccc3S(=O)(=O)N2C)o1. The Kier molecular flexibility index (Phi) is 3.22. The minimum atomic E-state index is -3.73. The van der Waals surface area contributed by atoms with E-state index < -0.39 is 10.0 Å². The summed E-state index contributed by atoms with van der Waals surface area (Å²) >= 11 is 0. The molecule has 1 aromatic heterocycles. The predicted molar refractivity (Wildman–Crippen MR) is 88.9 cm³/mol. The van der Waals surface area contributed by atoms with Crippen molar-refractivity contribution in [3.63, 3.8) is 0 Å². The van der Waals surface area contributed by atoms with Gasteiger partial charge in [-0.1, -0.05) is 19.1 Å². The molecule has 0 N–H and O–H groups in total. The number of allylic oxidation sites excluding steroid dienone is 1. The van der Waals surface area contributed by atoms with Crippen LogP contribution in [0.1, 0.15) is 41.1 Å². The van der Waals surface area contributed by atoms with Gasteiger partial charge in [-0.05, 0) is 36.6 Å². The zero-order valence-corrected chi connectivity index (χ0v) is 14.2. The van der Waals surface area contributed by atoms with E-state index in [1.165, 1.54) is 25.3 Å². The third-order valence-electron chi connectivity index (χ3n) is 4.74. The van der Waals surface area contributed by atoms with E-state index in [0.29, 0.717) is 17.6 Å². The average Bonchev–Trinajstić information content (AvgIpc) is 3.11. The van der Waals surface area contributed by atoms with E-state index >= 15 is 0 Å². The van der Waals surface area contributed by atoms with Crippen LogP contribution in [0.5, 0.6) is 0 Å². The van der Waals surface area contributed by atoms with Gasteiger partial charge in [0, 0.05) is 24.6 Å². The zero-order chi connectivity index (χ0) is 17.1. The average molecular weight is 343 g/mol. The lowest BCUT2D eigenvalue weighted by Gasteiger charge is -2.27. The quantitative estimate of drug-likeness (QED) is 0.785. The largest absolute Gasteiger partial charge is 0.461 e. The predicted octanol–water partition coefficient (Wildman–Crippen LogP) is 3.26. The Labute approximate surface area is 140 Å². The molecule has 6 heteroatoms. The van der Waals surface area contributed by atoms with E-state index in [0.717, 1.165) is 16.5 Å². The first-order valence-corrected chi connectivity index (χ1v) is 9.27. The number of furan rings is 1. The van der Waals surface area contributed by atoms with E-state index in [-0.39, 0.29) is 21.9 Å². The molecule has 0 spiro atoms. The molecule has 0 radical (unpaired) electrons. The second-order valence-electron chi connectivity index (χ2n) is 6.39. The fourth-order valence-electron chi connectivity index (χ4n) is 3.09. The molecule has 0 bridgehead atoms. The van der Waals surface area contributed by atoms with Gasteiger partial charge in [0.2, 0.25) is 5.78 Å². The van der Waals surface area contributed by atoms with Crippen LogP contribution >= 0.6 is 0 Å². The summed E-state index contributed by atoms with van der Waals surface area (Å²) in [5.74, 6) is 2.11. The lowest BCUT2D eigenvalue weighted by molar-refractivity contribution is 0.101. The maximum atomic E-state index is 12.7. The standard InChI is InChI=1S/C18H17NO4S/c1-11-9-14(11)16-8-7-12(23-16)10-15-18(20)13-5-3-4-6-17(13)24(21,22)19(15)2/h3-8,10-11,14H,9H2,1-2H3/b15-10+/t11-,14+/m0/s1. The summed E-state index contributed by atoms with van der Waals surface area (Å²) in [7, 11) is -2.34. The second kappa shape index (κ2) is 5.08. The van der Waals surface area contributed by atoms with Gasteiger partial charge in [-0.2, -0.15) is 0 Å². The third-order valence-corrected chi connectivity index (χ3v) is 6.57. The summed E-state index contributed by atoms with van der Waals surface area (Å²) < 4.78 is 32.0. The van der Waals surface area contributed by atoms with Gasteiger partial charge in [-0.25, -0.2) is 8.42 Å². The highest BCUT2D eigenvalue weighted by Gasteiger charge is 2.38. The highest BCUT2D eigenvalue weighted by atomic mass is 32.2. The number of fused-ring (bicyclic) bond motifs is 1. The first-order chi connectivity index (χ1) is 11.4. The van der Waals surface area contributed by atoms with Gasteiger partial charge < -0.3 is 4.42 Å². The molecule has 0 saturated heterocycles. The number of rotatable bonds is 2. The summed E-state index contributed by atoms with van der Waals surface area (Å²) in [4.78, 5) is 12.8. The summed E-state index contributed by atoms with van der Waals surface area (Å²) in [5.41, 5.74) is 0.294. The van der Waals surface area contributed by atoms with Crippen LogP contribution in [0.2, 0.25) is 0 Å². The van der Waals surface area contributed by atoms with Crippen molar-refractivity contribution >= 4 is 21.9 Å². The number of Topliss-reactive ketones (excluding diaryl/α,β-unsaturated/α-hetero) is 1. The van der Waals surface area contributed by atoms with Crippen LogP contribution in [0.15, 0.2) is 51.4 Å². The van der Waals surface area contributed by atoms with Crippen LogP contribution in [0, 0.1) is 5.92 Å². The first-order valence-electron chi connectivity index (χ1n) is 7.83. The molecule has 24 heavy (non-hydrogen) atoms. The van der Waals surface area contributed by atoms with Crippen molar-refractivity contribution in [2.75, 3.05) is 7.05 Å². The number of carbonyl (C=O) groups excluding carboxylic acids is 1. The number of likely N-dealkylation sites (N-methyl/N-ethyl adjacent to an activating group) is 1. The van der Waals surface area contributed by atoms with Gasteiger partial charge in [0.15, 0.2) is 0 Å². The van der Waals surface area contributed by atoms with Gasteiger partial charge in [0.25, 0.3) is 10.0 Å². The van der Waals surface area contributed by atoms with Crippen LogP contribution in [0.25, 0.3) is 6.08 Å². The Balaban J connectivity index is 1.78. The topological polar surface area (TPSA) is 67.6 Å². The lowest BCUT2D eigenvalue weighted by Crippen LogP contribution is -2.36. The first kappa shape index (κ1) is 15.2. The molecule has 124 valence electrons. The fourth-order valence-corrected chi connectivity index (χ4v) is 4.47. The number of ketones is 1. The molecule has 0 amide bonds. The van der Waals surface area contributed by atoms with E-state index in [1.54, 1.807) is 18.2 Å². The molecule has 1 aliphatic heterocycles. The van der Waals surface area contributed by atoms with Crippen LogP contribution in [0.4, 0.5) is 0 Å². The molecule has 1 fully saturated rings. The zero-order valence-electron chi connectivity index (χ0n) is 13.4. The summed E-state index contributed by atoms with van der Waals surface area (Å²) in [6.07, 6.45) is 2.61. The minimum absolute atomic E-state index is 0.0431. The van der Waals surface area contributed by atoms with Crippen LogP contribution in [0.3, 0.4) is 0 Å². The number of benzene rings is 1. The van der Waals surface area contributed by atoms with E-state index in [9.17, 15) is 13.2 Å². The van der Waals surface area contributed by atoms with Gasteiger partial charge in [-0.15, -0.1) is 0 Å². The summed E-state index contributed by atoms with van der Waals surface area (Å²) in [6, 6.07) is 9.94. The van der Waals surface area contributed by atoms with Crippen molar-refractivity contribution in [1.29, 1.82) is 0 Å². The maximum Gasteiger partial charge on any atom is 0.264 e. The van der Waals surface area contributed by atoms with E-state index in [4.69, 9.17) is 4.42 Å². The summed E-state index contributed by atoms with van der Waals surface area (Å²) in [5, 5.41) is 0. The Hall–Kier alpha value is -2.34. The molecule has 4 rings (SSSR count). The monoisotopic (exact) mass is 343 g/mol. The normalized spacial score (nSPS) is 26.5. The van der Waals surface area contributed by atoms with Crippen molar-refractivity contribution < 1.29 is 17.6 Å². The van der Waals surface area contributed by atoms with Gasteiger partial charge in [-0.3, -0.25) is 9.10 Å². The Bertz CT molecular complexity index is 970. The molecular formula is C18H17NO4S. The molecule has 2 atom stereocenters. The number of hydrogen-bond acceptors (Lipinski definition) is 4. The number of carbonyl (C=O) groups is 1. The Morgan fingerprint density at radius 1 is 1.21 bits per heavy atom. The minimum Gasteiger partial charge on any atom is -0.461 e. The smallest absolute Gasteiger partial charge is 0.264 e. The van der Waals surface area contributed by atoms with Crippen LogP contribution in [-0.4, -0.2) is 25.6 Å². The fraction of sp³-hybridized carbons (Fsp3) is 0.278. The van der Waals surface area contributed by atoms with Crippen molar-refractivity contribution in [2.45, 2.75) is 24.2 Å². The van der Waals surface area contributed by atoms with Crippen molar-refractivity contribution in [2.24, 2.45) is 5.92 Å². The number of sulfonamides is 1. The molecule has 1 aliphatic carbocycles. The van der Waals surface area contributed by atoms with Crippen LogP contribution in [-0.2, 0) is 10.0 Å². The number of hydrogen-bond donors (Lipinski definition) is 0. The molecule has 5 nitrogen and oxygen atoms in total. The van der Waals surface area contributed by atoms with Crippen molar-refractivity contribution in [3.8, 4) is 0 Å². The third kappa shape index (κ3) is 2.21. The molecule has 1 aromatic carbocycles. The van der Waals surface area contributed by atoms with Crippen molar-refractivity contribution in [1.82, 2.24) is 4.31 Å². The van der Waals surface area contributed by atoms with Gasteiger partial charge in [0.1, 0.15) is 17.2 Å². The molecule has 0 unspecified atom stereocenters. The van der Waals surface area contributed by atoms with Gasteiger partial charge >= 0.3 is 0 Å². The molecule has 2 aliphatic rings. The molecule has 2 aromatic rings. The van der Waals surface area contributed by atoms with E-state index in [1.807, 2.05) is 6.07 Å². The molecular weight excluding hydrogens is 326 g/mol. The van der Waals surface area contributed by atoms with Gasteiger partial charge in [0.05, 0.1) is 4.90 Å². The Morgan fingerprint density at radius 2 is 1.92 bits per heavy atom. The van der Waals surface area contributed by atoms with Crippen LogP contribution < -0.4 is 0 Å². The maximum absolute atomic E-state index is 12.7. The van der Waals surface area contributed by atoms with E-state index in [2.05, 4.69) is 6.92 Å².